The monoisotopic (exact) mass is 374 g/mol. The SMILES string of the molecule is COc1ccc([C@H]2CC[C@H](COS(=O)(=O)c3ccc(C)cc3)CC2)cc1. The van der Waals surface area contributed by atoms with Gasteiger partial charge in [0, 0.05) is 0 Å². The van der Waals surface area contributed by atoms with Crippen molar-refractivity contribution in [3.8, 4) is 5.75 Å². The summed E-state index contributed by atoms with van der Waals surface area (Å²) in [4.78, 5) is 0.231. The molecule has 0 spiro atoms. The molecule has 0 aromatic heterocycles. The van der Waals surface area contributed by atoms with Gasteiger partial charge >= 0.3 is 0 Å². The molecule has 1 fully saturated rings. The average molecular weight is 375 g/mol. The Balaban J connectivity index is 1.51. The van der Waals surface area contributed by atoms with E-state index in [1.165, 1.54) is 5.56 Å². The zero-order valence-electron chi connectivity index (χ0n) is 15.4. The van der Waals surface area contributed by atoms with Crippen LogP contribution in [0.15, 0.2) is 53.4 Å². The smallest absolute Gasteiger partial charge is 0.296 e. The predicted octanol–water partition coefficient (Wildman–Crippen LogP) is 4.68. The third kappa shape index (κ3) is 4.65. The first kappa shape index (κ1) is 18.9. The first-order chi connectivity index (χ1) is 12.5. The van der Waals surface area contributed by atoms with Gasteiger partial charge in [0.25, 0.3) is 10.1 Å². The molecule has 2 aromatic carbocycles. The van der Waals surface area contributed by atoms with Crippen molar-refractivity contribution in [2.24, 2.45) is 5.92 Å². The van der Waals surface area contributed by atoms with E-state index in [2.05, 4.69) is 12.1 Å². The van der Waals surface area contributed by atoms with Gasteiger partial charge in [-0.2, -0.15) is 8.42 Å². The van der Waals surface area contributed by atoms with Crippen molar-refractivity contribution in [3.05, 3.63) is 59.7 Å². The maximum atomic E-state index is 12.3. The van der Waals surface area contributed by atoms with Crippen LogP contribution in [0.4, 0.5) is 0 Å². The lowest BCUT2D eigenvalue weighted by Gasteiger charge is -2.28. The molecule has 3 rings (SSSR count). The van der Waals surface area contributed by atoms with E-state index >= 15 is 0 Å². The Kier molecular flexibility index (Phi) is 5.99. The number of benzene rings is 2. The van der Waals surface area contributed by atoms with Crippen LogP contribution in [0.5, 0.6) is 5.75 Å². The summed E-state index contributed by atoms with van der Waals surface area (Å²) >= 11 is 0. The predicted molar refractivity (Wildman–Crippen MR) is 102 cm³/mol. The van der Waals surface area contributed by atoms with E-state index in [1.807, 2.05) is 19.1 Å². The summed E-state index contributed by atoms with van der Waals surface area (Å²) in [6, 6.07) is 15.0. The quantitative estimate of drug-likeness (QED) is 0.689. The number of methoxy groups -OCH3 is 1. The van der Waals surface area contributed by atoms with Gasteiger partial charge in [-0.3, -0.25) is 4.18 Å². The van der Waals surface area contributed by atoms with Crippen LogP contribution in [-0.4, -0.2) is 22.1 Å². The zero-order chi connectivity index (χ0) is 18.6. The van der Waals surface area contributed by atoms with Crippen LogP contribution in [0.2, 0.25) is 0 Å². The minimum atomic E-state index is -3.66. The molecular weight excluding hydrogens is 348 g/mol. The van der Waals surface area contributed by atoms with E-state index in [0.717, 1.165) is 37.0 Å². The Bertz CT molecular complexity index is 802. The second kappa shape index (κ2) is 8.23. The Hall–Kier alpha value is -1.85. The molecule has 0 unspecified atom stereocenters. The number of hydrogen-bond donors (Lipinski definition) is 0. The van der Waals surface area contributed by atoms with Crippen LogP contribution < -0.4 is 4.74 Å². The summed E-state index contributed by atoms with van der Waals surface area (Å²) < 4.78 is 35.1. The van der Waals surface area contributed by atoms with Gasteiger partial charge in [-0.25, -0.2) is 0 Å². The van der Waals surface area contributed by atoms with Crippen LogP contribution >= 0.6 is 0 Å². The molecule has 26 heavy (non-hydrogen) atoms. The standard InChI is InChI=1S/C21H26O4S/c1-16-3-13-21(14-4-16)26(22,23)25-15-17-5-7-18(8-6-17)19-9-11-20(24-2)12-10-19/h3-4,9-14,17-18H,5-8,15H2,1-2H3/t17-,18-. The lowest BCUT2D eigenvalue weighted by molar-refractivity contribution is 0.204. The minimum Gasteiger partial charge on any atom is -0.497 e. The molecule has 2 aromatic rings. The third-order valence-electron chi connectivity index (χ3n) is 5.20. The molecule has 0 bridgehead atoms. The van der Waals surface area contributed by atoms with Crippen LogP contribution in [0.3, 0.4) is 0 Å². The summed E-state index contributed by atoms with van der Waals surface area (Å²) in [6.07, 6.45) is 4.09. The average Bonchev–Trinajstić information content (AvgIpc) is 2.67. The molecule has 140 valence electrons. The second-order valence-electron chi connectivity index (χ2n) is 7.04. The molecule has 0 amide bonds. The fraction of sp³-hybridized carbons (Fsp3) is 0.429. The van der Waals surface area contributed by atoms with Gasteiger partial charge in [-0.1, -0.05) is 29.8 Å². The highest BCUT2D eigenvalue weighted by molar-refractivity contribution is 7.86. The number of aryl methyl sites for hydroxylation is 1. The highest BCUT2D eigenvalue weighted by Gasteiger charge is 2.25. The van der Waals surface area contributed by atoms with E-state index in [1.54, 1.807) is 31.4 Å². The van der Waals surface area contributed by atoms with Crippen molar-refractivity contribution in [1.29, 1.82) is 0 Å². The van der Waals surface area contributed by atoms with Crippen molar-refractivity contribution < 1.29 is 17.3 Å². The molecule has 1 saturated carbocycles. The Morgan fingerprint density at radius 3 is 2.12 bits per heavy atom. The summed E-state index contributed by atoms with van der Waals surface area (Å²) in [6.45, 7) is 2.20. The first-order valence-electron chi connectivity index (χ1n) is 9.08. The molecule has 4 nitrogen and oxygen atoms in total. The Morgan fingerprint density at radius 2 is 1.54 bits per heavy atom. The van der Waals surface area contributed by atoms with Gasteiger partial charge in [0.05, 0.1) is 18.6 Å². The van der Waals surface area contributed by atoms with Crippen molar-refractivity contribution in [2.75, 3.05) is 13.7 Å². The summed E-state index contributed by atoms with van der Waals surface area (Å²) in [5, 5.41) is 0. The van der Waals surface area contributed by atoms with Crippen LogP contribution in [-0.2, 0) is 14.3 Å². The van der Waals surface area contributed by atoms with Crippen LogP contribution in [0, 0.1) is 12.8 Å². The summed E-state index contributed by atoms with van der Waals surface area (Å²) in [7, 11) is -1.99. The zero-order valence-corrected chi connectivity index (χ0v) is 16.2. The lowest BCUT2D eigenvalue weighted by atomic mass is 9.79. The van der Waals surface area contributed by atoms with Gasteiger partial charge in [0.15, 0.2) is 0 Å². The molecule has 0 atom stereocenters. The fourth-order valence-electron chi connectivity index (χ4n) is 3.50. The minimum absolute atomic E-state index is 0.231. The van der Waals surface area contributed by atoms with E-state index in [-0.39, 0.29) is 11.5 Å². The highest BCUT2D eigenvalue weighted by atomic mass is 32.2. The highest BCUT2D eigenvalue weighted by Crippen LogP contribution is 2.36. The van der Waals surface area contributed by atoms with Crippen LogP contribution in [0.1, 0.15) is 42.7 Å². The third-order valence-corrected chi connectivity index (χ3v) is 6.50. The maximum Gasteiger partial charge on any atom is 0.296 e. The maximum absolute atomic E-state index is 12.3. The molecule has 1 aliphatic rings. The van der Waals surface area contributed by atoms with E-state index in [0.29, 0.717) is 11.8 Å². The van der Waals surface area contributed by atoms with E-state index in [4.69, 9.17) is 8.92 Å². The molecule has 5 heteroatoms. The van der Waals surface area contributed by atoms with Crippen LogP contribution in [0.25, 0.3) is 0 Å². The molecule has 0 N–H and O–H groups in total. The molecular formula is C21H26O4S. The topological polar surface area (TPSA) is 52.6 Å². The van der Waals surface area contributed by atoms with Crippen molar-refractivity contribution in [2.45, 2.75) is 43.4 Å². The van der Waals surface area contributed by atoms with E-state index < -0.39 is 10.1 Å². The van der Waals surface area contributed by atoms with Crippen molar-refractivity contribution in [3.63, 3.8) is 0 Å². The Morgan fingerprint density at radius 1 is 0.923 bits per heavy atom. The van der Waals surface area contributed by atoms with Gasteiger partial charge in [0.1, 0.15) is 5.75 Å². The normalized spacial score (nSPS) is 20.7. The van der Waals surface area contributed by atoms with Gasteiger partial charge in [-0.15, -0.1) is 0 Å². The number of hydrogen-bond acceptors (Lipinski definition) is 4. The fourth-order valence-corrected chi connectivity index (χ4v) is 4.47. The van der Waals surface area contributed by atoms with Gasteiger partial charge < -0.3 is 4.74 Å². The summed E-state index contributed by atoms with van der Waals surface area (Å²) in [5.74, 6) is 1.70. The molecule has 0 saturated heterocycles. The van der Waals surface area contributed by atoms with Crippen molar-refractivity contribution >= 4 is 10.1 Å². The second-order valence-corrected chi connectivity index (χ2v) is 8.66. The number of ether oxygens (including phenoxy) is 1. The van der Waals surface area contributed by atoms with Gasteiger partial charge in [-0.05, 0) is 74.3 Å². The molecule has 0 radical (unpaired) electrons. The van der Waals surface area contributed by atoms with Gasteiger partial charge in [0.2, 0.25) is 0 Å². The molecule has 1 aliphatic carbocycles. The Labute approximate surface area is 156 Å². The molecule has 0 aliphatic heterocycles. The first-order valence-corrected chi connectivity index (χ1v) is 10.5. The lowest BCUT2D eigenvalue weighted by Crippen LogP contribution is -2.20. The summed E-state index contributed by atoms with van der Waals surface area (Å²) in [5.41, 5.74) is 2.36. The molecule has 0 heterocycles. The largest absolute Gasteiger partial charge is 0.497 e. The number of rotatable bonds is 6. The van der Waals surface area contributed by atoms with Crippen molar-refractivity contribution in [1.82, 2.24) is 0 Å². The van der Waals surface area contributed by atoms with E-state index in [9.17, 15) is 8.42 Å².